The number of hydrogen-bond acceptors (Lipinski definition) is 5. The van der Waals surface area contributed by atoms with E-state index in [9.17, 15) is 15.3 Å². The van der Waals surface area contributed by atoms with E-state index in [-0.39, 0.29) is 16.8 Å². The highest BCUT2D eigenvalue weighted by atomic mass is 32.2. The molecule has 7 heteroatoms. The number of benzene rings is 1. The van der Waals surface area contributed by atoms with E-state index in [1.54, 1.807) is 0 Å². The molecule has 0 amide bonds. The predicted molar refractivity (Wildman–Crippen MR) is 91.8 cm³/mol. The van der Waals surface area contributed by atoms with E-state index in [0.29, 0.717) is 16.5 Å². The number of thioether (sulfide) groups is 1. The normalized spacial score (nSPS) is 10.5. The molecule has 0 fully saturated rings. The van der Waals surface area contributed by atoms with Crippen LogP contribution in [-0.2, 0) is 0 Å². The van der Waals surface area contributed by atoms with Crippen LogP contribution < -0.4 is 5.56 Å². The maximum Gasteiger partial charge on any atom is 0.290 e. The lowest BCUT2D eigenvalue weighted by atomic mass is 10.1. The molecule has 24 heavy (non-hydrogen) atoms. The van der Waals surface area contributed by atoms with Gasteiger partial charge < -0.3 is 0 Å². The molecule has 0 atom stereocenters. The largest absolute Gasteiger partial charge is 0.290 e. The third-order valence-corrected chi connectivity index (χ3v) is 4.56. The number of nitriles is 2. The first kappa shape index (κ1) is 15.9. The Kier molecular flexibility index (Phi) is 4.11. The second kappa shape index (κ2) is 6.23. The van der Waals surface area contributed by atoms with Gasteiger partial charge in [0.05, 0.1) is 4.90 Å². The van der Waals surface area contributed by atoms with Crippen LogP contribution >= 0.6 is 11.8 Å². The predicted octanol–water partition coefficient (Wildman–Crippen LogP) is 2.85. The minimum Gasteiger partial charge on any atom is -0.272 e. The van der Waals surface area contributed by atoms with Crippen molar-refractivity contribution in [2.75, 3.05) is 5.75 Å². The summed E-state index contributed by atoms with van der Waals surface area (Å²) in [6.07, 6.45) is 0. The van der Waals surface area contributed by atoms with Gasteiger partial charge >= 0.3 is 0 Å². The molecule has 2 aromatic heterocycles. The number of pyridine rings is 1. The molecule has 0 saturated carbocycles. The maximum absolute atomic E-state index is 12.6. The summed E-state index contributed by atoms with van der Waals surface area (Å²) in [7, 11) is 0. The van der Waals surface area contributed by atoms with Crippen LogP contribution in [0, 0.1) is 29.6 Å². The van der Waals surface area contributed by atoms with Gasteiger partial charge in [0.1, 0.15) is 23.3 Å². The summed E-state index contributed by atoms with van der Waals surface area (Å²) in [4.78, 5) is 17.4. The molecule has 0 aliphatic heterocycles. The molecule has 0 aliphatic rings. The van der Waals surface area contributed by atoms with Crippen LogP contribution in [0.15, 0.2) is 34.0 Å². The lowest BCUT2D eigenvalue weighted by Gasteiger charge is -2.04. The van der Waals surface area contributed by atoms with Gasteiger partial charge in [-0.3, -0.25) is 9.89 Å². The molecule has 2 heterocycles. The number of fused-ring (bicyclic) bond motifs is 1. The van der Waals surface area contributed by atoms with Gasteiger partial charge in [0, 0.05) is 5.56 Å². The number of nitrogens with one attached hydrogen (secondary N) is 1. The number of rotatable bonds is 3. The van der Waals surface area contributed by atoms with Crippen LogP contribution in [0.1, 0.15) is 23.6 Å². The minimum absolute atomic E-state index is 0.0324. The van der Waals surface area contributed by atoms with Crippen molar-refractivity contribution in [2.24, 2.45) is 0 Å². The van der Waals surface area contributed by atoms with Gasteiger partial charge in [-0.2, -0.15) is 15.0 Å². The molecule has 1 N–H and O–H groups in total. The summed E-state index contributed by atoms with van der Waals surface area (Å²) < 4.78 is 1.17. The summed E-state index contributed by atoms with van der Waals surface area (Å²) >= 11 is 1.30. The zero-order chi connectivity index (χ0) is 17.3. The zero-order valence-corrected chi connectivity index (χ0v) is 13.9. The highest BCUT2D eigenvalue weighted by Gasteiger charge is 2.21. The highest BCUT2D eigenvalue weighted by molar-refractivity contribution is 7.99. The first-order chi connectivity index (χ1) is 11.6. The van der Waals surface area contributed by atoms with E-state index in [0.717, 1.165) is 11.1 Å². The van der Waals surface area contributed by atoms with Gasteiger partial charge in [0.25, 0.3) is 5.56 Å². The lowest BCUT2D eigenvalue weighted by Crippen LogP contribution is -2.19. The Morgan fingerprint density at radius 1 is 1.21 bits per heavy atom. The molecule has 0 radical (unpaired) electrons. The number of nitrogens with zero attached hydrogens (tertiary/aromatic N) is 4. The SMILES string of the molecule is CCSc1c(C#N)c(=O)n2[nH]c(-c3ccc(C)cc3)nc2c1C#N. The monoisotopic (exact) mass is 335 g/mol. The van der Waals surface area contributed by atoms with E-state index in [4.69, 9.17) is 0 Å². The first-order valence-electron chi connectivity index (χ1n) is 7.29. The second-order valence-corrected chi connectivity index (χ2v) is 6.41. The van der Waals surface area contributed by atoms with Crippen LogP contribution in [0.3, 0.4) is 0 Å². The van der Waals surface area contributed by atoms with Crippen molar-refractivity contribution in [2.45, 2.75) is 18.7 Å². The molecule has 3 aromatic rings. The van der Waals surface area contributed by atoms with E-state index < -0.39 is 5.56 Å². The van der Waals surface area contributed by atoms with Crippen LogP contribution in [0.4, 0.5) is 0 Å². The van der Waals surface area contributed by atoms with E-state index in [1.165, 1.54) is 16.3 Å². The number of aromatic nitrogens is 3. The molecule has 1 aromatic carbocycles. The molecule has 0 unspecified atom stereocenters. The van der Waals surface area contributed by atoms with Crippen LogP contribution in [0.25, 0.3) is 17.0 Å². The van der Waals surface area contributed by atoms with Gasteiger partial charge in [-0.25, -0.2) is 4.98 Å². The third-order valence-electron chi connectivity index (χ3n) is 3.58. The van der Waals surface area contributed by atoms with E-state index >= 15 is 0 Å². The van der Waals surface area contributed by atoms with Crippen LogP contribution in [0.5, 0.6) is 0 Å². The molecule has 0 bridgehead atoms. The van der Waals surface area contributed by atoms with Crippen molar-refractivity contribution in [3.05, 3.63) is 51.3 Å². The zero-order valence-electron chi connectivity index (χ0n) is 13.1. The van der Waals surface area contributed by atoms with E-state index in [1.807, 2.05) is 44.2 Å². The Labute approximate surface area is 142 Å². The molecule has 118 valence electrons. The summed E-state index contributed by atoms with van der Waals surface area (Å²) in [6.45, 7) is 3.88. The number of H-pyrrole nitrogens is 1. The van der Waals surface area contributed by atoms with Gasteiger partial charge in [-0.1, -0.05) is 36.8 Å². The smallest absolute Gasteiger partial charge is 0.272 e. The average molecular weight is 335 g/mol. The van der Waals surface area contributed by atoms with Crippen LogP contribution in [-0.4, -0.2) is 20.4 Å². The Morgan fingerprint density at radius 2 is 1.88 bits per heavy atom. The Balaban J connectivity index is 2.35. The van der Waals surface area contributed by atoms with Crippen molar-refractivity contribution >= 4 is 17.4 Å². The van der Waals surface area contributed by atoms with Crippen molar-refractivity contribution in [1.29, 1.82) is 10.5 Å². The van der Waals surface area contributed by atoms with Crippen LogP contribution in [0.2, 0.25) is 0 Å². The van der Waals surface area contributed by atoms with E-state index in [2.05, 4.69) is 16.2 Å². The molecule has 6 nitrogen and oxygen atoms in total. The Morgan fingerprint density at radius 3 is 2.46 bits per heavy atom. The third kappa shape index (κ3) is 2.45. The average Bonchev–Trinajstić information content (AvgIpc) is 3.02. The Bertz CT molecular complexity index is 1060. The van der Waals surface area contributed by atoms with Crippen molar-refractivity contribution in [3.8, 4) is 23.5 Å². The Hall–Kier alpha value is -3.03. The number of aromatic amines is 1. The molecular weight excluding hydrogens is 322 g/mol. The second-order valence-electron chi connectivity index (χ2n) is 5.14. The summed E-state index contributed by atoms with van der Waals surface area (Å²) in [5.41, 5.74) is 1.87. The highest BCUT2D eigenvalue weighted by Crippen LogP contribution is 2.27. The topological polar surface area (TPSA) is 97.7 Å². The standard InChI is InChI=1S/C17H13N5OS/c1-3-24-14-12(8-18)16-20-15(11-6-4-10(2)5-7-11)21-22(16)17(23)13(14)9-19/h4-7H,3H2,1-2H3,(H,20,21). The van der Waals surface area contributed by atoms with Crippen molar-refractivity contribution in [3.63, 3.8) is 0 Å². The minimum atomic E-state index is -0.492. The summed E-state index contributed by atoms with van der Waals surface area (Å²) in [5, 5.41) is 21.8. The fraction of sp³-hybridized carbons (Fsp3) is 0.176. The molecule has 0 saturated heterocycles. The fourth-order valence-electron chi connectivity index (χ4n) is 2.42. The maximum atomic E-state index is 12.6. The number of hydrogen-bond donors (Lipinski definition) is 1. The number of aryl methyl sites for hydroxylation is 1. The summed E-state index contributed by atoms with van der Waals surface area (Å²) in [5.74, 6) is 1.12. The van der Waals surface area contributed by atoms with Crippen molar-refractivity contribution in [1.82, 2.24) is 14.6 Å². The van der Waals surface area contributed by atoms with Gasteiger partial charge in [-0.05, 0) is 12.7 Å². The quantitative estimate of drug-likeness (QED) is 0.742. The molecule has 3 rings (SSSR count). The molecule has 0 aliphatic carbocycles. The summed E-state index contributed by atoms with van der Waals surface area (Å²) in [6, 6.07) is 11.7. The van der Waals surface area contributed by atoms with Gasteiger partial charge in [-0.15, -0.1) is 11.8 Å². The fourth-order valence-corrected chi connectivity index (χ4v) is 3.27. The first-order valence-corrected chi connectivity index (χ1v) is 8.28. The lowest BCUT2D eigenvalue weighted by molar-refractivity contribution is 0.904. The van der Waals surface area contributed by atoms with Gasteiger partial charge in [0.15, 0.2) is 11.5 Å². The molecular formula is C17H13N5OS. The van der Waals surface area contributed by atoms with Crippen molar-refractivity contribution < 1.29 is 0 Å². The van der Waals surface area contributed by atoms with Gasteiger partial charge in [0.2, 0.25) is 0 Å². The molecule has 0 spiro atoms.